The van der Waals surface area contributed by atoms with Crippen LogP contribution in [0.5, 0.6) is 0 Å². The molecule has 0 radical (unpaired) electrons. The zero-order chi connectivity index (χ0) is 19.7. The number of likely N-dealkylation sites (tertiary alicyclic amines) is 1. The molecule has 0 saturated carbocycles. The SMILES string of the molecule is O=C(c1ccc(S(=O)(=O)N2CCCC(c3ncno3)C2)cc1F)N1CCCC1. The van der Waals surface area contributed by atoms with E-state index in [1.54, 1.807) is 4.90 Å². The lowest BCUT2D eigenvalue weighted by atomic mass is 10.00. The number of piperidine rings is 1. The zero-order valence-electron chi connectivity index (χ0n) is 15.3. The Morgan fingerprint density at radius 2 is 1.96 bits per heavy atom. The molecule has 0 bridgehead atoms. The summed E-state index contributed by atoms with van der Waals surface area (Å²) in [4.78, 5) is 17.8. The van der Waals surface area contributed by atoms with E-state index in [0.717, 1.165) is 25.3 Å². The Labute approximate surface area is 162 Å². The third kappa shape index (κ3) is 3.53. The van der Waals surface area contributed by atoms with Crippen LogP contribution in [0.2, 0.25) is 0 Å². The molecule has 1 unspecified atom stereocenters. The molecule has 2 aliphatic rings. The smallest absolute Gasteiger partial charge is 0.256 e. The molecule has 2 aromatic rings. The predicted octanol–water partition coefficient (Wildman–Crippen LogP) is 2.01. The summed E-state index contributed by atoms with van der Waals surface area (Å²) in [6.45, 7) is 1.73. The van der Waals surface area contributed by atoms with Crippen molar-refractivity contribution in [3.8, 4) is 0 Å². The molecule has 8 nitrogen and oxygen atoms in total. The maximum Gasteiger partial charge on any atom is 0.256 e. The normalized spacial score (nSPS) is 21.2. The van der Waals surface area contributed by atoms with Crippen LogP contribution in [0.1, 0.15) is 47.8 Å². The Morgan fingerprint density at radius 1 is 1.18 bits per heavy atom. The van der Waals surface area contributed by atoms with Crippen molar-refractivity contribution in [2.45, 2.75) is 36.5 Å². The fourth-order valence-corrected chi connectivity index (χ4v) is 5.33. The van der Waals surface area contributed by atoms with Crippen molar-refractivity contribution in [2.75, 3.05) is 26.2 Å². The Hall–Kier alpha value is -2.33. The molecule has 10 heteroatoms. The number of amides is 1. The topological polar surface area (TPSA) is 96.6 Å². The average Bonchev–Trinajstić information content (AvgIpc) is 3.41. The number of carbonyl (C=O) groups is 1. The van der Waals surface area contributed by atoms with E-state index in [4.69, 9.17) is 4.52 Å². The number of sulfonamides is 1. The first-order chi connectivity index (χ1) is 13.5. The Balaban J connectivity index is 1.55. The highest BCUT2D eigenvalue weighted by molar-refractivity contribution is 7.89. The van der Waals surface area contributed by atoms with Crippen molar-refractivity contribution in [2.24, 2.45) is 0 Å². The Morgan fingerprint density at radius 3 is 2.64 bits per heavy atom. The van der Waals surface area contributed by atoms with Crippen molar-refractivity contribution >= 4 is 15.9 Å². The molecule has 1 atom stereocenters. The number of halogens is 1. The number of hydrogen-bond donors (Lipinski definition) is 0. The van der Waals surface area contributed by atoms with Gasteiger partial charge in [-0.25, -0.2) is 12.8 Å². The van der Waals surface area contributed by atoms with Gasteiger partial charge in [-0.1, -0.05) is 5.16 Å². The van der Waals surface area contributed by atoms with E-state index in [9.17, 15) is 17.6 Å². The van der Waals surface area contributed by atoms with Crippen molar-refractivity contribution in [3.63, 3.8) is 0 Å². The molecule has 28 heavy (non-hydrogen) atoms. The van der Waals surface area contributed by atoms with Crippen LogP contribution in [0.15, 0.2) is 33.9 Å². The van der Waals surface area contributed by atoms with Crippen molar-refractivity contribution in [1.29, 1.82) is 0 Å². The predicted molar refractivity (Wildman–Crippen MR) is 96.6 cm³/mol. The quantitative estimate of drug-likeness (QED) is 0.768. The fourth-order valence-electron chi connectivity index (χ4n) is 3.79. The summed E-state index contributed by atoms with van der Waals surface area (Å²) in [6.07, 6.45) is 4.46. The average molecular weight is 408 g/mol. The lowest BCUT2D eigenvalue weighted by Gasteiger charge is -2.30. The van der Waals surface area contributed by atoms with E-state index in [2.05, 4.69) is 10.1 Å². The minimum atomic E-state index is -3.89. The maximum absolute atomic E-state index is 14.6. The number of aromatic nitrogens is 2. The van der Waals surface area contributed by atoms with Gasteiger partial charge in [0.1, 0.15) is 5.82 Å². The first kappa shape index (κ1) is 19.0. The number of hydrogen-bond acceptors (Lipinski definition) is 6. The van der Waals surface area contributed by atoms with Gasteiger partial charge in [0.15, 0.2) is 6.33 Å². The molecule has 0 aliphatic carbocycles. The summed E-state index contributed by atoms with van der Waals surface area (Å²) in [5.41, 5.74) is -0.0942. The van der Waals surface area contributed by atoms with Crippen LogP contribution in [0.25, 0.3) is 0 Å². The first-order valence-corrected chi connectivity index (χ1v) is 10.8. The zero-order valence-corrected chi connectivity index (χ0v) is 16.1. The van der Waals surface area contributed by atoms with E-state index >= 15 is 0 Å². The summed E-state index contributed by atoms with van der Waals surface area (Å²) in [5.74, 6) is -0.999. The van der Waals surface area contributed by atoms with Gasteiger partial charge >= 0.3 is 0 Å². The first-order valence-electron chi connectivity index (χ1n) is 9.32. The molecule has 3 heterocycles. The largest absolute Gasteiger partial charge is 0.339 e. The van der Waals surface area contributed by atoms with Gasteiger partial charge in [0.25, 0.3) is 5.91 Å². The van der Waals surface area contributed by atoms with Gasteiger partial charge in [0.05, 0.1) is 16.4 Å². The second-order valence-corrected chi connectivity index (χ2v) is 9.06. The lowest BCUT2D eigenvalue weighted by molar-refractivity contribution is 0.0788. The minimum Gasteiger partial charge on any atom is -0.339 e. The maximum atomic E-state index is 14.6. The van der Waals surface area contributed by atoms with Crippen LogP contribution in [-0.4, -0.2) is 59.8 Å². The van der Waals surface area contributed by atoms with Gasteiger partial charge in [-0.05, 0) is 43.9 Å². The van der Waals surface area contributed by atoms with Gasteiger partial charge in [-0.2, -0.15) is 9.29 Å². The van der Waals surface area contributed by atoms with Crippen molar-refractivity contribution in [3.05, 3.63) is 41.8 Å². The van der Waals surface area contributed by atoms with E-state index < -0.39 is 21.7 Å². The molecule has 0 N–H and O–H groups in total. The number of carbonyl (C=O) groups excluding carboxylic acids is 1. The van der Waals surface area contributed by atoms with Crippen LogP contribution in [-0.2, 0) is 10.0 Å². The van der Waals surface area contributed by atoms with E-state index in [0.29, 0.717) is 31.9 Å². The molecule has 0 spiro atoms. The monoisotopic (exact) mass is 408 g/mol. The third-order valence-corrected chi connectivity index (χ3v) is 7.17. The Bertz CT molecular complexity index is 958. The number of nitrogens with zero attached hydrogens (tertiary/aromatic N) is 4. The van der Waals surface area contributed by atoms with Crippen LogP contribution >= 0.6 is 0 Å². The fraction of sp³-hybridized carbons (Fsp3) is 0.500. The molecule has 150 valence electrons. The van der Waals surface area contributed by atoms with E-state index in [-0.39, 0.29) is 22.9 Å². The Kier molecular flexibility index (Phi) is 5.15. The molecule has 2 aliphatic heterocycles. The van der Waals surface area contributed by atoms with E-state index in [1.165, 1.54) is 22.8 Å². The molecule has 2 fully saturated rings. The van der Waals surface area contributed by atoms with Crippen molar-refractivity contribution in [1.82, 2.24) is 19.3 Å². The number of rotatable bonds is 4. The van der Waals surface area contributed by atoms with Gasteiger partial charge in [0, 0.05) is 26.2 Å². The molecule has 1 amide bonds. The van der Waals surface area contributed by atoms with Gasteiger partial charge in [-0.15, -0.1) is 0 Å². The second-order valence-electron chi connectivity index (χ2n) is 7.12. The van der Waals surface area contributed by atoms with Crippen LogP contribution < -0.4 is 0 Å². The number of benzene rings is 1. The highest BCUT2D eigenvalue weighted by Gasteiger charge is 2.34. The summed E-state index contributed by atoms with van der Waals surface area (Å²) in [7, 11) is -3.89. The second kappa shape index (κ2) is 7.59. The van der Waals surface area contributed by atoms with Crippen LogP contribution in [0, 0.1) is 5.82 Å². The molecule has 1 aromatic carbocycles. The van der Waals surface area contributed by atoms with Crippen LogP contribution in [0.4, 0.5) is 4.39 Å². The molecular formula is C18H21FN4O4S. The summed E-state index contributed by atoms with van der Waals surface area (Å²) in [5, 5.41) is 3.57. The standard InChI is InChI=1S/C18H21FN4O4S/c19-16-10-14(5-6-15(16)18(24)22-7-1-2-8-22)28(25,26)23-9-3-4-13(11-23)17-20-12-21-27-17/h5-6,10,12-13H,1-4,7-9,11H2. The lowest BCUT2D eigenvalue weighted by Crippen LogP contribution is -2.39. The van der Waals surface area contributed by atoms with Gasteiger partial charge < -0.3 is 9.42 Å². The highest BCUT2D eigenvalue weighted by Crippen LogP contribution is 2.30. The molecule has 4 rings (SSSR count). The molecule has 1 aromatic heterocycles. The van der Waals surface area contributed by atoms with Crippen LogP contribution in [0.3, 0.4) is 0 Å². The van der Waals surface area contributed by atoms with Gasteiger partial charge in [0.2, 0.25) is 15.9 Å². The van der Waals surface area contributed by atoms with E-state index in [1.807, 2.05) is 0 Å². The third-order valence-electron chi connectivity index (χ3n) is 5.31. The summed E-state index contributed by atoms with van der Waals surface area (Å²) in [6, 6.07) is 3.51. The molecular weight excluding hydrogens is 387 g/mol. The highest BCUT2D eigenvalue weighted by atomic mass is 32.2. The summed E-state index contributed by atoms with van der Waals surface area (Å²) < 4.78 is 46.9. The molecule has 2 saturated heterocycles. The van der Waals surface area contributed by atoms with Gasteiger partial charge in [-0.3, -0.25) is 4.79 Å². The summed E-state index contributed by atoms with van der Waals surface area (Å²) >= 11 is 0. The van der Waals surface area contributed by atoms with Crippen molar-refractivity contribution < 1.29 is 22.1 Å². The minimum absolute atomic E-state index is 0.0942.